The van der Waals surface area contributed by atoms with E-state index in [0.29, 0.717) is 6.42 Å². The van der Waals surface area contributed by atoms with Gasteiger partial charge in [0.1, 0.15) is 5.25 Å². The van der Waals surface area contributed by atoms with Gasteiger partial charge in [-0.3, -0.25) is 4.79 Å². The van der Waals surface area contributed by atoms with Crippen molar-refractivity contribution in [1.29, 1.82) is 0 Å². The Morgan fingerprint density at radius 3 is 1.70 bits per heavy atom. The number of hydrogen-bond donors (Lipinski definition) is 1. The molecule has 0 radical (unpaired) electrons. The molecule has 1 unspecified atom stereocenters. The zero-order chi connectivity index (χ0) is 20.0. The molecule has 0 rings (SSSR count). The summed E-state index contributed by atoms with van der Waals surface area (Å²) in [6.45, 7) is 4.17. The molecule has 0 spiro atoms. The highest BCUT2D eigenvalue weighted by molar-refractivity contribution is 8.00. The van der Waals surface area contributed by atoms with Gasteiger partial charge in [-0.2, -0.15) is 0 Å². The first-order valence-corrected chi connectivity index (χ1v) is 11.7. The fourth-order valence-electron chi connectivity index (χ4n) is 2.51. The van der Waals surface area contributed by atoms with Crippen molar-refractivity contribution < 1.29 is 9.90 Å². The van der Waals surface area contributed by atoms with Gasteiger partial charge in [-0.15, -0.1) is 11.8 Å². The number of carboxylic acid groups (broad SMARTS) is 1. The quantitative estimate of drug-likeness (QED) is 0.191. The van der Waals surface area contributed by atoms with Crippen LogP contribution in [0.25, 0.3) is 0 Å². The third-order valence-corrected chi connectivity index (χ3v) is 5.65. The zero-order valence-corrected chi connectivity index (χ0v) is 18.3. The highest BCUT2D eigenvalue weighted by Gasteiger charge is 2.14. The SMILES string of the molecule is CCCCC/C=C\C/C=C\C/C=C\C/C=C\CCCCSC(CC)C(=O)O. The van der Waals surface area contributed by atoms with Crippen LogP contribution >= 0.6 is 11.8 Å². The smallest absolute Gasteiger partial charge is 0.316 e. The lowest BCUT2D eigenvalue weighted by Crippen LogP contribution is -2.15. The van der Waals surface area contributed by atoms with Crippen LogP contribution in [0, 0.1) is 0 Å². The van der Waals surface area contributed by atoms with Gasteiger partial charge in [0.15, 0.2) is 0 Å². The van der Waals surface area contributed by atoms with Crippen LogP contribution in [0.15, 0.2) is 48.6 Å². The first kappa shape index (κ1) is 25.8. The number of thioether (sulfide) groups is 1. The Balaban J connectivity index is 3.47. The van der Waals surface area contributed by atoms with Crippen LogP contribution in [-0.4, -0.2) is 22.1 Å². The van der Waals surface area contributed by atoms with Crippen molar-refractivity contribution in [3.8, 4) is 0 Å². The van der Waals surface area contributed by atoms with Crippen LogP contribution in [0.4, 0.5) is 0 Å². The van der Waals surface area contributed by atoms with Crippen molar-refractivity contribution in [1.82, 2.24) is 0 Å². The van der Waals surface area contributed by atoms with E-state index in [1.807, 2.05) is 6.92 Å². The molecule has 1 atom stereocenters. The van der Waals surface area contributed by atoms with E-state index in [0.717, 1.165) is 44.3 Å². The summed E-state index contributed by atoms with van der Waals surface area (Å²) < 4.78 is 0. The van der Waals surface area contributed by atoms with Crippen molar-refractivity contribution in [3.05, 3.63) is 48.6 Å². The first-order valence-electron chi connectivity index (χ1n) is 10.7. The van der Waals surface area contributed by atoms with E-state index in [9.17, 15) is 4.79 Å². The van der Waals surface area contributed by atoms with E-state index >= 15 is 0 Å². The van der Waals surface area contributed by atoms with Gasteiger partial charge in [-0.05, 0) is 63.5 Å². The number of aliphatic carboxylic acids is 1. The molecule has 0 aromatic carbocycles. The van der Waals surface area contributed by atoms with Crippen molar-refractivity contribution in [2.45, 2.75) is 89.7 Å². The molecule has 2 nitrogen and oxygen atoms in total. The van der Waals surface area contributed by atoms with Gasteiger partial charge in [-0.25, -0.2) is 0 Å². The normalized spacial score (nSPS) is 13.6. The summed E-state index contributed by atoms with van der Waals surface area (Å²) in [5, 5.41) is 8.74. The zero-order valence-electron chi connectivity index (χ0n) is 17.4. The average molecular weight is 393 g/mol. The van der Waals surface area contributed by atoms with Crippen LogP contribution in [0.5, 0.6) is 0 Å². The summed E-state index contributed by atoms with van der Waals surface area (Å²) in [6, 6.07) is 0. The lowest BCUT2D eigenvalue weighted by atomic mass is 10.2. The van der Waals surface area contributed by atoms with E-state index in [1.54, 1.807) is 11.8 Å². The van der Waals surface area contributed by atoms with Crippen molar-refractivity contribution in [2.75, 3.05) is 5.75 Å². The van der Waals surface area contributed by atoms with Gasteiger partial charge in [0, 0.05) is 0 Å². The Bertz CT molecular complexity index is 449. The van der Waals surface area contributed by atoms with Gasteiger partial charge in [0.05, 0.1) is 0 Å². The third kappa shape index (κ3) is 19.3. The predicted molar refractivity (Wildman–Crippen MR) is 123 cm³/mol. The molecule has 0 aliphatic heterocycles. The van der Waals surface area contributed by atoms with Crippen LogP contribution in [0.1, 0.15) is 84.5 Å². The van der Waals surface area contributed by atoms with Crippen molar-refractivity contribution in [2.24, 2.45) is 0 Å². The summed E-state index contributed by atoms with van der Waals surface area (Å²) in [7, 11) is 0. The third-order valence-electron chi connectivity index (χ3n) is 4.19. The second-order valence-electron chi connectivity index (χ2n) is 6.69. The second kappa shape index (κ2) is 21.1. The molecular formula is C24H40O2S. The molecule has 0 aromatic rings. The first-order chi connectivity index (χ1) is 13.2. The molecule has 0 fully saturated rings. The Hall–Kier alpha value is -1.22. The van der Waals surface area contributed by atoms with E-state index in [1.165, 1.54) is 25.7 Å². The molecular weight excluding hydrogens is 352 g/mol. The number of rotatable bonds is 18. The van der Waals surface area contributed by atoms with Gasteiger partial charge in [-0.1, -0.05) is 75.3 Å². The minimum Gasteiger partial charge on any atom is -0.480 e. The fourth-order valence-corrected chi connectivity index (χ4v) is 3.55. The summed E-state index contributed by atoms with van der Waals surface area (Å²) in [5.41, 5.74) is 0. The number of allylic oxidation sites excluding steroid dienone is 8. The lowest BCUT2D eigenvalue weighted by molar-refractivity contribution is -0.136. The molecule has 0 aliphatic rings. The Kier molecular flexibility index (Phi) is 20.1. The summed E-state index contributed by atoms with van der Waals surface area (Å²) in [6.07, 6.45) is 30.2. The van der Waals surface area contributed by atoms with Crippen LogP contribution in [0.2, 0.25) is 0 Å². The molecule has 0 amide bonds. The molecule has 0 aromatic heterocycles. The Labute approximate surface area is 171 Å². The van der Waals surface area contributed by atoms with Crippen LogP contribution in [0.3, 0.4) is 0 Å². The summed E-state index contributed by atoms with van der Waals surface area (Å²) in [5.74, 6) is 0.265. The molecule has 0 bridgehead atoms. The van der Waals surface area contributed by atoms with E-state index in [4.69, 9.17) is 5.11 Å². The molecule has 154 valence electrons. The van der Waals surface area contributed by atoms with Gasteiger partial charge >= 0.3 is 5.97 Å². The number of hydrogen-bond acceptors (Lipinski definition) is 2. The van der Waals surface area contributed by atoms with E-state index in [-0.39, 0.29) is 5.25 Å². The molecule has 3 heteroatoms. The minimum absolute atomic E-state index is 0.235. The molecule has 1 N–H and O–H groups in total. The van der Waals surface area contributed by atoms with Crippen LogP contribution < -0.4 is 0 Å². The number of unbranched alkanes of at least 4 members (excludes halogenated alkanes) is 5. The highest BCUT2D eigenvalue weighted by atomic mass is 32.2. The molecule has 0 heterocycles. The molecule has 27 heavy (non-hydrogen) atoms. The average Bonchev–Trinajstić information content (AvgIpc) is 2.66. The molecule has 0 saturated heterocycles. The van der Waals surface area contributed by atoms with Gasteiger partial charge in [0.2, 0.25) is 0 Å². The topological polar surface area (TPSA) is 37.3 Å². The second-order valence-corrected chi connectivity index (χ2v) is 8.00. The van der Waals surface area contributed by atoms with E-state index < -0.39 is 5.97 Å². The largest absolute Gasteiger partial charge is 0.480 e. The van der Waals surface area contributed by atoms with Crippen molar-refractivity contribution >= 4 is 17.7 Å². The molecule has 0 saturated carbocycles. The maximum absolute atomic E-state index is 10.9. The Morgan fingerprint density at radius 2 is 1.26 bits per heavy atom. The maximum atomic E-state index is 10.9. The summed E-state index contributed by atoms with van der Waals surface area (Å²) in [4.78, 5) is 10.9. The van der Waals surface area contributed by atoms with Crippen molar-refractivity contribution in [3.63, 3.8) is 0 Å². The van der Waals surface area contributed by atoms with E-state index in [2.05, 4.69) is 55.5 Å². The maximum Gasteiger partial charge on any atom is 0.316 e. The lowest BCUT2D eigenvalue weighted by Gasteiger charge is -2.08. The highest BCUT2D eigenvalue weighted by Crippen LogP contribution is 2.17. The fraction of sp³-hybridized carbons (Fsp3) is 0.625. The predicted octanol–water partition coefficient (Wildman–Crippen LogP) is 7.73. The number of carboxylic acids is 1. The van der Waals surface area contributed by atoms with Gasteiger partial charge in [0.25, 0.3) is 0 Å². The monoisotopic (exact) mass is 392 g/mol. The van der Waals surface area contributed by atoms with Crippen LogP contribution in [-0.2, 0) is 4.79 Å². The minimum atomic E-state index is -0.678. The summed E-state index contributed by atoms with van der Waals surface area (Å²) >= 11 is 1.57. The standard InChI is InChI=1S/C24H40O2S/c1-3-5-6-7-8-9-10-11-12-13-14-15-16-17-18-19-20-21-22-27-23(4-2)24(25)26/h8-9,11-12,14-15,17-18,23H,3-7,10,13,16,19-22H2,1-2H3,(H,25,26)/b9-8-,12-11-,15-14-,18-17-. The van der Waals surface area contributed by atoms with Gasteiger partial charge < -0.3 is 5.11 Å². The number of carbonyl (C=O) groups is 1. The Morgan fingerprint density at radius 1 is 0.778 bits per heavy atom. The molecule has 0 aliphatic carbocycles.